The number of hydrogen-bond donors (Lipinski definition) is 2. The van der Waals surface area contributed by atoms with E-state index in [1.807, 2.05) is 25.1 Å². The number of nitrogens with one attached hydrogen (secondary N) is 2. The molecular weight excluding hydrogens is 576 g/mol. The van der Waals surface area contributed by atoms with Crippen molar-refractivity contribution in [1.29, 1.82) is 0 Å². The lowest BCUT2D eigenvalue weighted by Gasteiger charge is -2.24. The van der Waals surface area contributed by atoms with Crippen molar-refractivity contribution in [3.63, 3.8) is 0 Å². The van der Waals surface area contributed by atoms with E-state index >= 15 is 0 Å². The summed E-state index contributed by atoms with van der Waals surface area (Å²) in [6, 6.07) is 26.9. The van der Waals surface area contributed by atoms with Crippen LogP contribution in [0.5, 0.6) is 5.75 Å². The third-order valence-electron chi connectivity index (χ3n) is 6.05. The van der Waals surface area contributed by atoms with Crippen molar-refractivity contribution in [3.05, 3.63) is 119 Å². The Morgan fingerprint density at radius 3 is 2.26 bits per heavy atom. The van der Waals surface area contributed by atoms with Gasteiger partial charge in [-0.25, -0.2) is 13.8 Å². The van der Waals surface area contributed by atoms with Crippen LogP contribution in [0.4, 0.5) is 11.4 Å². The van der Waals surface area contributed by atoms with E-state index in [0.717, 1.165) is 15.4 Å². The fourth-order valence-electron chi connectivity index (χ4n) is 3.75. The average Bonchev–Trinajstić information content (AvgIpc) is 2.98. The summed E-state index contributed by atoms with van der Waals surface area (Å²) in [5.74, 6) is -0.461. The molecule has 0 atom stereocenters. The molecule has 0 bridgehead atoms. The van der Waals surface area contributed by atoms with E-state index in [-0.39, 0.29) is 23.1 Å². The van der Waals surface area contributed by atoms with Crippen molar-refractivity contribution in [3.8, 4) is 5.75 Å². The molecule has 0 saturated carbocycles. The number of para-hydroxylation sites is 1. The van der Waals surface area contributed by atoms with Gasteiger partial charge in [-0.3, -0.25) is 13.9 Å². The first-order valence-electron chi connectivity index (χ1n) is 12.9. The van der Waals surface area contributed by atoms with E-state index in [4.69, 9.17) is 16.3 Å². The second-order valence-electron chi connectivity index (χ2n) is 9.32. The lowest BCUT2D eigenvalue weighted by molar-refractivity contribution is -0.119. The topological polar surface area (TPSA) is 117 Å². The number of halogens is 1. The van der Waals surface area contributed by atoms with Crippen LogP contribution in [0.2, 0.25) is 5.02 Å². The molecule has 0 spiro atoms. The Kier molecular flexibility index (Phi) is 9.95. The Bertz CT molecular complexity index is 1680. The van der Waals surface area contributed by atoms with Gasteiger partial charge < -0.3 is 10.1 Å². The first kappa shape index (κ1) is 30.3. The molecule has 11 heteroatoms. The molecule has 2 amide bonds. The minimum absolute atomic E-state index is 0.0426. The number of hydrogen-bond acceptors (Lipinski definition) is 6. The molecule has 9 nitrogen and oxygen atoms in total. The molecule has 0 aliphatic heterocycles. The number of anilines is 2. The number of hydrazone groups is 1. The number of rotatable bonds is 11. The Morgan fingerprint density at radius 1 is 0.905 bits per heavy atom. The van der Waals surface area contributed by atoms with Gasteiger partial charge in [-0.2, -0.15) is 5.10 Å². The lowest BCUT2D eigenvalue weighted by atomic mass is 10.2. The lowest BCUT2D eigenvalue weighted by Crippen LogP contribution is -2.39. The third kappa shape index (κ3) is 8.18. The number of aryl methyl sites for hydroxylation is 2. The van der Waals surface area contributed by atoms with Crippen LogP contribution < -0.4 is 19.8 Å². The van der Waals surface area contributed by atoms with Crippen LogP contribution in [0.25, 0.3) is 0 Å². The molecule has 0 saturated heterocycles. The van der Waals surface area contributed by atoms with Crippen LogP contribution in [0.1, 0.15) is 16.7 Å². The number of benzene rings is 4. The predicted molar refractivity (Wildman–Crippen MR) is 165 cm³/mol. The van der Waals surface area contributed by atoms with Crippen molar-refractivity contribution < 1.29 is 22.7 Å². The number of carbonyl (C=O) groups excluding carboxylic acids is 2. The maximum atomic E-state index is 13.5. The van der Waals surface area contributed by atoms with Crippen LogP contribution in [0.15, 0.2) is 107 Å². The van der Waals surface area contributed by atoms with Crippen molar-refractivity contribution in [1.82, 2.24) is 5.43 Å². The van der Waals surface area contributed by atoms with Gasteiger partial charge in [-0.1, -0.05) is 53.6 Å². The van der Waals surface area contributed by atoms with Crippen LogP contribution >= 0.6 is 11.6 Å². The van der Waals surface area contributed by atoms with Gasteiger partial charge in [0, 0.05) is 10.7 Å². The van der Waals surface area contributed by atoms with Crippen LogP contribution in [-0.2, 0) is 19.6 Å². The van der Waals surface area contributed by atoms with E-state index < -0.39 is 22.5 Å². The molecule has 0 radical (unpaired) electrons. The van der Waals surface area contributed by atoms with Crippen molar-refractivity contribution in [2.75, 3.05) is 22.8 Å². The zero-order chi connectivity index (χ0) is 30.1. The first-order valence-corrected chi connectivity index (χ1v) is 14.7. The van der Waals surface area contributed by atoms with Gasteiger partial charge in [-0.05, 0) is 85.6 Å². The van der Waals surface area contributed by atoms with E-state index in [0.29, 0.717) is 22.0 Å². The maximum Gasteiger partial charge on any atom is 0.264 e. The number of sulfonamides is 1. The SMILES string of the molecule is Cc1ccc(S(=O)(=O)N(CC(=O)N/N=C\c2ccc(OCC(=O)Nc3ccccc3)cc2)c2ccc(C)c(Cl)c2)cc1. The predicted octanol–water partition coefficient (Wildman–Crippen LogP) is 5.32. The summed E-state index contributed by atoms with van der Waals surface area (Å²) in [5.41, 5.74) is 5.62. The first-order chi connectivity index (χ1) is 20.1. The van der Waals surface area contributed by atoms with Gasteiger partial charge >= 0.3 is 0 Å². The molecule has 0 heterocycles. The molecule has 0 aliphatic rings. The van der Waals surface area contributed by atoms with Gasteiger partial charge in [-0.15, -0.1) is 0 Å². The molecule has 216 valence electrons. The monoisotopic (exact) mass is 604 g/mol. The summed E-state index contributed by atoms with van der Waals surface area (Å²) in [4.78, 5) is 24.9. The Hall–Kier alpha value is -4.67. The molecule has 0 aromatic heterocycles. The third-order valence-corrected chi connectivity index (χ3v) is 8.25. The minimum Gasteiger partial charge on any atom is -0.484 e. The van der Waals surface area contributed by atoms with Crippen LogP contribution in [-0.4, -0.2) is 39.6 Å². The summed E-state index contributed by atoms with van der Waals surface area (Å²) >= 11 is 6.27. The van der Waals surface area contributed by atoms with Gasteiger partial charge in [0.1, 0.15) is 12.3 Å². The average molecular weight is 605 g/mol. The fourth-order valence-corrected chi connectivity index (χ4v) is 5.34. The highest BCUT2D eigenvalue weighted by Gasteiger charge is 2.27. The van der Waals surface area contributed by atoms with Gasteiger partial charge in [0.15, 0.2) is 6.61 Å². The number of carbonyl (C=O) groups is 2. The Balaban J connectivity index is 1.37. The fraction of sp³-hybridized carbons (Fsp3) is 0.129. The second kappa shape index (κ2) is 13.8. The quantitative estimate of drug-likeness (QED) is 0.177. The highest BCUT2D eigenvalue weighted by Crippen LogP contribution is 2.28. The molecule has 0 fully saturated rings. The van der Waals surface area contributed by atoms with Crippen molar-refractivity contribution >= 4 is 51.0 Å². The zero-order valence-electron chi connectivity index (χ0n) is 23.0. The highest BCUT2D eigenvalue weighted by molar-refractivity contribution is 7.92. The smallest absolute Gasteiger partial charge is 0.264 e. The summed E-state index contributed by atoms with van der Waals surface area (Å²) in [7, 11) is -4.09. The molecule has 0 unspecified atom stereocenters. The number of nitrogens with zero attached hydrogens (tertiary/aromatic N) is 2. The summed E-state index contributed by atoms with van der Waals surface area (Å²) in [6.45, 7) is 2.97. The molecule has 4 aromatic carbocycles. The molecular formula is C31H29ClN4O5S. The van der Waals surface area contributed by atoms with Crippen molar-refractivity contribution in [2.24, 2.45) is 5.10 Å². The largest absolute Gasteiger partial charge is 0.484 e. The number of amides is 2. The Morgan fingerprint density at radius 2 is 1.60 bits per heavy atom. The highest BCUT2D eigenvalue weighted by atomic mass is 35.5. The zero-order valence-corrected chi connectivity index (χ0v) is 24.5. The molecule has 42 heavy (non-hydrogen) atoms. The molecule has 4 aromatic rings. The number of ether oxygens (including phenoxy) is 1. The van der Waals surface area contributed by atoms with E-state index in [1.54, 1.807) is 67.6 Å². The van der Waals surface area contributed by atoms with Crippen LogP contribution in [0, 0.1) is 13.8 Å². The summed E-state index contributed by atoms with van der Waals surface area (Å²) < 4.78 is 33.5. The minimum atomic E-state index is -4.09. The van der Waals surface area contributed by atoms with Gasteiger partial charge in [0.05, 0.1) is 16.8 Å². The van der Waals surface area contributed by atoms with E-state index in [9.17, 15) is 18.0 Å². The standard InChI is InChI=1S/C31H29ClN4O5S/c1-22-8-16-28(17-9-22)42(39,40)36(26-13-10-23(2)29(32)18-26)20-30(37)35-33-19-24-11-14-27(15-12-24)41-21-31(38)34-25-6-4-3-5-7-25/h3-19H,20-21H2,1-2H3,(H,34,38)(H,35,37)/b33-19-. The molecule has 4 rings (SSSR count). The molecule has 2 N–H and O–H groups in total. The van der Waals surface area contributed by atoms with Gasteiger partial charge in [0.2, 0.25) is 0 Å². The second-order valence-corrected chi connectivity index (χ2v) is 11.6. The Labute approximate surface area is 249 Å². The summed E-state index contributed by atoms with van der Waals surface area (Å²) in [5, 5.41) is 7.07. The van der Waals surface area contributed by atoms with Gasteiger partial charge in [0.25, 0.3) is 21.8 Å². The van der Waals surface area contributed by atoms with Crippen molar-refractivity contribution in [2.45, 2.75) is 18.7 Å². The van der Waals surface area contributed by atoms with E-state index in [1.165, 1.54) is 24.4 Å². The summed E-state index contributed by atoms with van der Waals surface area (Å²) in [6.07, 6.45) is 1.41. The maximum absolute atomic E-state index is 13.5. The van der Waals surface area contributed by atoms with E-state index in [2.05, 4.69) is 15.8 Å². The molecule has 0 aliphatic carbocycles. The normalized spacial score (nSPS) is 11.2. The van der Waals surface area contributed by atoms with Crippen LogP contribution in [0.3, 0.4) is 0 Å².